The number of benzene rings is 2. The Bertz CT molecular complexity index is 2550. The summed E-state index contributed by atoms with van der Waals surface area (Å²) in [5, 5.41) is 7.32. The summed E-state index contributed by atoms with van der Waals surface area (Å²) in [7, 11) is -7.47. The molecule has 18 nitrogen and oxygen atoms in total. The van der Waals surface area contributed by atoms with Crippen molar-refractivity contribution in [2.24, 2.45) is 0 Å². The number of hydrogen-bond donors (Lipinski definition) is 5. The highest BCUT2D eigenvalue weighted by molar-refractivity contribution is 8.24. The van der Waals surface area contributed by atoms with Crippen molar-refractivity contribution in [1.29, 1.82) is 0 Å². The number of anilines is 2. The monoisotopic (exact) mass is 918 g/mol. The zero-order valence-corrected chi connectivity index (χ0v) is 34.1. The lowest BCUT2D eigenvalue weighted by Crippen LogP contribution is -2.28. The molecule has 0 aliphatic carbocycles. The molecule has 0 fully saturated rings. The Balaban J connectivity index is 0.000000226. The molecule has 0 saturated carbocycles. The van der Waals surface area contributed by atoms with E-state index in [1.807, 2.05) is 0 Å². The number of urea groups is 2. The highest BCUT2D eigenvalue weighted by atomic mass is 36.0. The second-order valence-corrected chi connectivity index (χ2v) is 21.6. The summed E-state index contributed by atoms with van der Waals surface area (Å²) in [6.45, 7) is 0.354. The molecule has 5 N–H and O–H groups in total. The van der Waals surface area contributed by atoms with Crippen LogP contribution < -0.4 is 26.8 Å². The van der Waals surface area contributed by atoms with Gasteiger partial charge in [0, 0.05) is 29.8 Å². The molecule has 4 aromatic heterocycles. The van der Waals surface area contributed by atoms with Gasteiger partial charge in [-0.25, -0.2) is 41.4 Å². The molecule has 0 unspecified atom stereocenters. The standard InChI is InChI=1S/C16H13ClN4O4S.C16H14N4O5S.Cl3OP/c17-15-6-5-14(9-19-15)26(23,24)13-3-1-11(2-4-13)21-16(22)20-8-12-7-18-10-25-12;21-15-6-5-14(9-18-15)26(23,24)13-3-1-11(2-4-13)20-16(22)19-8-12-7-17-10-25-12;1-5(2,3)4/h1-7,9-10H,8H2,(H2,20,21,22);1-7,9-10H,8H2,(H,18,21)(H2,19,20,22);. The van der Waals surface area contributed by atoms with E-state index in [-0.39, 0.29) is 43.4 Å². The molecule has 0 bridgehead atoms. The molecule has 2 aromatic carbocycles. The van der Waals surface area contributed by atoms with E-state index in [1.165, 1.54) is 98.1 Å². The zero-order valence-electron chi connectivity index (χ0n) is 28.5. The van der Waals surface area contributed by atoms with Crippen LogP contribution >= 0.6 is 50.5 Å². The first-order chi connectivity index (χ1) is 26.9. The number of halogens is 4. The van der Waals surface area contributed by atoms with Gasteiger partial charge in [-0.05, 0) is 100 Å². The third-order valence-electron chi connectivity index (χ3n) is 6.73. The molecule has 6 rings (SSSR count). The molecule has 0 aliphatic heterocycles. The van der Waals surface area contributed by atoms with Gasteiger partial charge in [-0.15, -0.1) is 0 Å². The van der Waals surface area contributed by atoms with E-state index in [4.69, 9.17) is 20.4 Å². The lowest BCUT2D eigenvalue weighted by Gasteiger charge is -2.08. The van der Waals surface area contributed by atoms with E-state index >= 15 is 0 Å². The predicted octanol–water partition coefficient (Wildman–Crippen LogP) is 7.21. The number of aromatic nitrogens is 4. The Morgan fingerprint density at radius 2 is 1.07 bits per heavy atom. The van der Waals surface area contributed by atoms with Crippen molar-refractivity contribution < 1.29 is 39.8 Å². The number of rotatable bonds is 10. The van der Waals surface area contributed by atoms with Crippen LogP contribution in [-0.4, -0.2) is 48.8 Å². The summed E-state index contributed by atoms with van der Waals surface area (Å²) in [6.07, 6.45) is 7.84. The van der Waals surface area contributed by atoms with Gasteiger partial charge in [-0.2, -0.15) is 0 Å². The average Bonchev–Trinajstić information content (AvgIpc) is 3.89. The number of amides is 4. The van der Waals surface area contributed by atoms with E-state index in [0.717, 1.165) is 12.3 Å². The molecule has 0 saturated heterocycles. The number of pyridine rings is 2. The van der Waals surface area contributed by atoms with Crippen molar-refractivity contribution in [2.45, 2.75) is 32.7 Å². The quantitative estimate of drug-likeness (QED) is 0.0673. The van der Waals surface area contributed by atoms with E-state index < -0.39 is 36.9 Å². The Morgan fingerprint density at radius 3 is 1.44 bits per heavy atom. The fourth-order valence-electron chi connectivity index (χ4n) is 4.14. The molecule has 6 aromatic rings. The maximum atomic E-state index is 12.5. The minimum absolute atomic E-state index is 0.0254. The first-order valence-electron chi connectivity index (χ1n) is 15.4. The summed E-state index contributed by atoms with van der Waals surface area (Å²) in [6, 6.07) is 15.7. The lowest BCUT2D eigenvalue weighted by molar-refractivity contribution is 0.250. The van der Waals surface area contributed by atoms with Crippen LogP contribution in [0.4, 0.5) is 21.0 Å². The van der Waals surface area contributed by atoms with Crippen LogP contribution in [0, 0.1) is 0 Å². The Morgan fingerprint density at radius 1 is 0.649 bits per heavy atom. The largest absolute Gasteiger partial charge is 0.447 e. The first kappa shape index (κ1) is 44.5. The van der Waals surface area contributed by atoms with E-state index in [1.54, 1.807) is 0 Å². The minimum Gasteiger partial charge on any atom is -0.447 e. The summed E-state index contributed by atoms with van der Waals surface area (Å²) in [5.41, 5.74) is 0.466. The SMILES string of the molecule is O=C(NCc1cnco1)Nc1ccc(S(=O)(=O)c2ccc(=O)[nH]c2)cc1.O=C(NCc1cnco1)Nc1ccc(S(=O)(=O)c2ccc(Cl)nc2)cc1.O=P(Cl)(Cl)Cl. The van der Waals surface area contributed by atoms with Gasteiger partial charge in [0.15, 0.2) is 12.8 Å². The van der Waals surface area contributed by atoms with Crippen LogP contribution in [0.5, 0.6) is 0 Å². The van der Waals surface area contributed by atoms with Gasteiger partial charge < -0.3 is 35.1 Å². The number of carbonyl (C=O) groups excluding carboxylic acids is 2. The highest BCUT2D eigenvalue weighted by Gasteiger charge is 2.19. The maximum Gasteiger partial charge on any atom is 0.339 e. The molecular weight excluding hydrogens is 893 g/mol. The third-order valence-corrected chi connectivity index (χ3v) is 10.5. The van der Waals surface area contributed by atoms with Crippen molar-refractivity contribution in [3.8, 4) is 0 Å². The normalized spacial score (nSPS) is 11.2. The molecule has 4 heterocycles. The molecular formula is C32H27Cl4N8O10PS2. The molecule has 0 atom stereocenters. The van der Waals surface area contributed by atoms with Crippen LogP contribution in [0.15, 0.2) is 144 Å². The second kappa shape index (κ2) is 20.3. The smallest absolute Gasteiger partial charge is 0.339 e. The van der Waals surface area contributed by atoms with Crippen molar-refractivity contribution in [2.75, 3.05) is 10.6 Å². The topological polar surface area (TPSA) is 265 Å². The van der Waals surface area contributed by atoms with Gasteiger partial charge in [0.05, 0.1) is 45.1 Å². The Hall–Kier alpha value is -5.21. The van der Waals surface area contributed by atoms with Gasteiger partial charge in [-0.3, -0.25) is 9.36 Å². The van der Waals surface area contributed by atoms with Crippen LogP contribution in [0.3, 0.4) is 0 Å². The number of oxazole rings is 2. The Labute approximate surface area is 342 Å². The van der Waals surface area contributed by atoms with Gasteiger partial charge in [-0.1, -0.05) is 11.6 Å². The number of aromatic amines is 1. The fourth-order valence-corrected chi connectivity index (χ4v) is 6.68. The predicted molar refractivity (Wildman–Crippen MR) is 210 cm³/mol. The second-order valence-electron chi connectivity index (χ2n) is 10.7. The minimum atomic E-state index is -3.76. The summed E-state index contributed by atoms with van der Waals surface area (Å²) in [5.74, 6) is 1.01. The number of H-pyrrole nitrogens is 1. The number of hydrogen-bond acceptors (Lipinski definition) is 13. The van der Waals surface area contributed by atoms with Gasteiger partial charge >= 0.3 is 17.3 Å². The maximum absolute atomic E-state index is 12.5. The molecule has 300 valence electrons. The van der Waals surface area contributed by atoms with Crippen molar-refractivity contribution >= 4 is 93.6 Å². The van der Waals surface area contributed by atoms with E-state index in [9.17, 15) is 35.8 Å². The lowest BCUT2D eigenvalue weighted by atomic mass is 10.3. The average molecular weight is 921 g/mol. The summed E-state index contributed by atoms with van der Waals surface area (Å²) in [4.78, 5) is 48.4. The molecule has 57 heavy (non-hydrogen) atoms. The van der Waals surface area contributed by atoms with Crippen molar-refractivity contribution in [1.82, 2.24) is 30.6 Å². The summed E-state index contributed by atoms with van der Waals surface area (Å²) < 4.78 is 69.5. The number of carbonyl (C=O) groups is 2. The van der Waals surface area contributed by atoms with Crippen LogP contribution in [-0.2, 0) is 37.3 Å². The van der Waals surface area contributed by atoms with Crippen LogP contribution in [0.25, 0.3) is 0 Å². The van der Waals surface area contributed by atoms with Crippen molar-refractivity contribution in [3.05, 3.63) is 137 Å². The van der Waals surface area contributed by atoms with Crippen LogP contribution in [0.2, 0.25) is 5.15 Å². The van der Waals surface area contributed by atoms with E-state index in [2.05, 4.69) is 74.9 Å². The number of nitrogens with one attached hydrogen (secondary N) is 5. The van der Waals surface area contributed by atoms with Crippen LogP contribution in [0.1, 0.15) is 11.5 Å². The number of sulfone groups is 2. The first-order valence-corrected chi connectivity index (χ1v) is 23.2. The molecule has 25 heteroatoms. The highest BCUT2D eigenvalue weighted by Crippen LogP contribution is 2.61. The Kier molecular flexibility index (Phi) is 15.8. The third kappa shape index (κ3) is 14.7. The van der Waals surface area contributed by atoms with Gasteiger partial charge in [0.1, 0.15) is 16.7 Å². The molecule has 0 aliphatic rings. The molecule has 0 radical (unpaired) electrons. The molecule has 0 spiro atoms. The summed E-state index contributed by atoms with van der Waals surface area (Å²) >= 11 is 19.5. The van der Waals surface area contributed by atoms with E-state index in [0.29, 0.717) is 22.9 Å². The van der Waals surface area contributed by atoms with Gasteiger partial charge in [0.25, 0.3) is 0 Å². The zero-order chi connectivity index (χ0) is 41.6. The fraction of sp³-hybridized carbons (Fsp3) is 0.0625. The molecule has 4 amide bonds. The number of nitrogens with zero attached hydrogens (tertiary/aromatic N) is 3. The van der Waals surface area contributed by atoms with Crippen molar-refractivity contribution in [3.63, 3.8) is 0 Å². The van der Waals surface area contributed by atoms with Gasteiger partial charge in [0.2, 0.25) is 25.2 Å².